The maximum Gasteiger partial charge on any atom is 0.102 e. The Labute approximate surface area is 111 Å². The molecule has 0 aromatic heterocycles. The standard InChI is InChI=1S/C14H26N4/c1-12(9-14(2,16)11-15)18-8-7-17-6-4-3-5-13(17)10-18/h12-13H,3-10,16H2,1-2H3. The van der Waals surface area contributed by atoms with Gasteiger partial charge in [-0.25, -0.2) is 0 Å². The first-order valence-corrected chi connectivity index (χ1v) is 7.20. The maximum absolute atomic E-state index is 9.03. The first-order valence-electron chi connectivity index (χ1n) is 7.20. The number of nitrogens with two attached hydrogens (primary N) is 1. The number of fused-ring (bicyclic) bond motifs is 1. The summed E-state index contributed by atoms with van der Waals surface area (Å²) in [6.07, 6.45) is 4.83. The minimum absolute atomic E-state index is 0.406. The van der Waals surface area contributed by atoms with Gasteiger partial charge in [-0.2, -0.15) is 5.26 Å². The topological polar surface area (TPSA) is 56.3 Å². The maximum atomic E-state index is 9.03. The van der Waals surface area contributed by atoms with Crippen LogP contribution in [0.2, 0.25) is 0 Å². The third kappa shape index (κ3) is 3.23. The SMILES string of the molecule is CC(CC(C)(N)C#N)N1CCN2CCCCC2C1. The Morgan fingerprint density at radius 3 is 2.89 bits per heavy atom. The summed E-state index contributed by atoms with van der Waals surface area (Å²) in [6, 6.07) is 3.35. The highest BCUT2D eigenvalue weighted by Crippen LogP contribution is 2.23. The molecule has 0 aromatic carbocycles. The van der Waals surface area contributed by atoms with Crippen LogP contribution in [0, 0.1) is 11.3 Å². The molecule has 2 aliphatic heterocycles. The van der Waals surface area contributed by atoms with Gasteiger partial charge in [-0.05, 0) is 39.7 Å². The zero-order chi connectivity index (χ0) is 13.2. The fraction of sp³-hybridized carbons (Fsp3) is 0.929. The molecule has 2 heterocycles. The van der Waals surface area contributed by atoms with Gasteiger partial charge in [0.25, 0.3) is 0 Å². The molecule has 102 valence electrons. The van der Waals surface area contributed by atoms with E-state index in [0.717, 1.165) is 25.6 Å². The largest absolute Gasteiger partial charge is 0.314 e. The van der Waals surface area contributed by atoms with Crippen LogP contribution in [0.1, 0.15) is 39.5 Å². The van der Waals surface area contributed by atoms with Gasteiger partial charge in [0.15, 0.2) is 0 Å². The van der Waals surface area contributed by atoms with Gasteiger partial charge >= 0.3 is 0 Å². The summed E-state index contributed by atoms with van der Waals surface area (Å²) in [5.41, 5.74) is 5.27. The summed E-state index contributed by atoms with van der Waals surface area (Å²) in [5, 5.41) is 9.03. The molecular formula is C14H26N4. The van der Waals surface area contributed by atoms with E-state index in [9.17, 15) is 0 Å². The van der Waals surface area contributed by atoms with Crippen molar-refractivity contribution in [3.8, 4) is 6.07 Å². The summed E-state index contributed by atoms with van der Waals surface area (Å²) < 4.78 is 0. The van der Waals surface area contributed by atoms with E-state index in [0.29, 0.717) is 6.04 Å². The first-order chi connectivity index (χ1) is 8.52. The van der Waals surface area contributed by atoms with E-state index in [1.54, 1.807) is 0 Å². The second-order valence-electron chi connectivity index (χ2n) is 6.26. The van der Waals surface area contributed by atoms with Crippen LogP contribution in [0.15, 0.2) is 0 Å². The lowest BCUT2D eigenvalue weighted by Gasteiger charge is -2.46. The fourth-order valence-corrected chi connectivity index (χ4v) is 3.37. The van der Waals surface area contributed by atoms with Crippen molar-refractivity contribution >= 4 is 0 Å². The molecule has 18 heavy (non-hydrogen) atoms. The minimum Gasteiger partial charge on any atom is -0.314 e. The van der Waals surface area contributed by atoms with Crippen molar-refractivity contribution in [1.82, 2.24) is 9.80 Å². The highest BCUT2D eigenvalue weighted by Gasteiger charge is 2.32. The van der Waals surface area contributed by atoms with Gasteiger partial charge in [0.05, 0.1) is 6.07 Å². The van der Waals surface area contributed by atoms with Gasteiger partial charge in [0, 0.05) is 31.7 Å². The molecule has 0 bridgehead atoms. The lowest BCUT2D eigenvalue weighted by molar-refractivity contribution is 0.0267. The van der Waals surface area contributed by atoms with E-state index in [-0.39, 0.29) is 0 Å². The molecule has 0 aromatic rings. The third-order valence-electron chi connectivity index (χ3n) is 4.47. The Hall–Kier alpha value is -0.630. The third-order valence-corrected chi connectivity index (χ3v) is 4.47. The summed E-state index contributed by atoms with van der Waals surface area (Å²) in [5.74, 6) is 0. The summed E-state index contributed by atoms with van der Waals surface area (Å²) in [4.78, 5) is 5.16. The molecule has 4 nitrogen and oxygen atoms in total. The van der Waals surface area contributed by atoms with E-state index in [4.69, 9.17) is 11.0 Å². The molecule has 2 saturated heterocycles. The molecule has 0 spiro atoms. The predicted molar refractivity (Wildman–Crippen MR) is 73.1 cm³/mol. The lowest BCUT2D eigenvalue weighted by atomic mass is 9.93. The van der Waals surface area contributed by atoms with Crippen molar-refractivity contribution in [1.29, 1.82) is 5.26 Å². The number of nitriles is 1. The van der Waals surface area contributed by atoms with E-state index < -0.39 is 5.54 Å². The molecule has 2 N–H and O–H groups in total. The fourth-order valence-electron chi connectivity index (χ4n) is 3.37. The Morgan fingerprint density at radius 2 is 2.17 bits per heavy atom. The highest BCUT2D eigenvalue weighted by atomic mass is 15.3. The second kappa shape index (κ2) is 5.56. The Balaban J connectivity index is 1.88. The monoisotopic (exact) mass is 250 g/mol. The zero-order valence-corrected chi connectivity index (χ0v) is 11.7. The first kappa shape index (κ1) is 13.8. The molecule has 0 amide bonds. The summed E-state index contributed by atoms with van der Waals surface area (Å²) >= 11 is 0. The lowest BCUT2D eigenvalue weighted by Crippen LogP contribution is -2.57. The van der Waals surface area contributed by atoms with Crippen LogP contribution in [0.5, 0.6) is 0 Å². The van der Waals surface area contributed by atoms with Crippen LogP contribution in [0.3, 0.4) is 0 Å². The van der Waals surface area contributed by atoms with Crippen molar-refractivity contribution in [2.75, 3.05) is 26.2 Å². The highest BCUT2D eigenvalue weighted by molar-refractivity contribution is 5.03. The molecule has 0 saturated carbocycles. The number of piperidine rings is 1. The van der Waals surface area contributed by atoms with Crippen LogP contribution in [0.25, 0.3) is 0 Å². The molecule has 2 aliphatic rings. The Kier molecular flexibility index (Phi) is 4.26. The smallest absolute Gasteiger partial charge is 0.102 e. The molecule has 3 atom stereocenters. The molecule has 0 aliphatic carbocycles. The van der Waals surface area contributed by atoms with E-state index in [2.05, 4.69) is 22.8 Å². The Morgan fingerprint density at radius 1 is 1.39 bits per heavy atom. The van der Waals surface area contributed by atoms with Crippen LogP contribution in [-0.4, -0.2) is 53.6 Å². The molecule has 0 radical (unpaired) electrons. The zero-order valence-electron chi connectivity index (χ0n) is 11.7. The van der Waals surface area contributed by atoms with E-state index in [1.807, 2.05) is 6.92 Å². The van der Waals surface area contributed by atoms with Gasteiger partial charge in [0.1, 0.15) is 5.54 Å². The van der Waals surface area contributed by atoms with Gasteiger partial charge in [-0.1, -0.05) is 6.42 Å². The summed E-state index contributed by atoms with van der Waals surface area (Å²) in [6.45, 7) is 8.78. The van der Waals surface area contributed by atoms with Crippen LogP contribution in [-0.2, 0) is 0 Å². The molecule has 2 rings (SSSR count). The molecular weight excluding hydrogens is 224 g/mol. The van der Waals surface area contributed by atoms with Gasteiger partial charge < -0.3 is 5.73 Å². The number of nitrogens with zero attached hydrogens (tertiary/aromatic N) is 3. The van der Waals surface area contributed by atoms with Crippen molar-refractivity contribution in [3.63, 3.8) is 0 Å². The van der Waals surface area contributed by atoms with Crippen molar-refractivity contribution in [2.45, 2.75) is 57.2 Å². The van der Waals surface area contributed by atoms with E-state index in [1.165, 1.54) is 32.4 Å². The Bertz CT molecular complexity index is 320. The normalized spacial score (nSPS) is 31.1. The van der Waals surface area contributed by atoms with Gasteiger partial charge in [-0.15, -0.1) is 0 Å². The second-order valence-corrected chi connectivity index (χ2v) is 6.26. The molecule has 3 unspecified atom stereocenters. The number of hydrogen-bond donors (Lipinski definition) is 1. The molecule has 4 heteroatoms. The predicted octanol–water partition coefficient (Wildman–Crippen LogP) is 1.18. The van der Waals surface area contributed by atoms with E-state index >= 15 is 0 Å². The number of rotatable bonds is 3. The van der Waals surface area contributed by atoms with Crippen molar-refractivity contribution < 1.29 is 0 Å². The van der Waals surface area contributed by atoms with Crippen LogP contribution >= 0.6 is 0 Å². The number of piperazine rings is 1. The van der Waals surface area contributed by atoms with Crippen molar-refractivity contribution in [3.05, 3.63) is 0 Å². The van der Waals surface area contributed by atoms with Crippen LogP contribution < -0.4 is 5.73 Å². The number of hydrogen-bond acceptors (Lipinski definition) is 4. The average Bonchev–Trinajstić information content (AvgIpc) is 2.37. The van der Waals surface area contributed by atoms with Crippen molar-refractivity contribution in [2.24, 2.45) is 5.73 Å². The summed E-state index contributed by atoms with van der Waals surface area (Å²) in [7, 11) is 0. The molecule has 2 fully saturated rings. The quantitative estimate of drug-likeness (QED) is 0.817. The van der Waals surface area contributed by atoms with Gasteiger partial charge in [0.2, 0.25) is 0 Å². The average molecular weight is 250 g/mol. The van der Waals surface area contributed by atoms with Crippen LogP contribution in [0.4, 0.5) is 0 Å². The van der Waals surface area contributed by atoms with Gasteiger partial charge in [-0.3, -0.25) is 9.80 Å². The minimum atomic E-state index is -0.691.